The highest BCUT2D eigenvalue weighted by molar-refractivity contribution is 5.95. The van der Waals surface area contributed by atoms with Crippen LogP contribution in [0.15, 0.2) is 11.6 Å². The van der Waals surface area contributed by atoms with Crippen LogP contribution in [0.4, 0.5) is 5.82 Å². The number of fused-ring (bicyclic) bond motifs is 1. The van der Waals surface area contributed by atoms with Gasteiger partial charge in [-0.1, -0.05) is 25.5 Å². The monoisotopic (exact) mass is 287 g/mol. The summed E-state index contributed by atoms with van der Waals surface area (Å²) in [5.74, 6) is 1.47. The third-order valence-electron chi connectivity index (χ3n) is 5.02. The smallest absolute Gasteiger partial charge is 0.229 e. The van der Waals surface area contributed by atoms with Crippen LogP contribution in [-0.4, -0.2) is 15.7 Å². The Bertz CT molecular complexity index is 620. The number of aryl methyl sites for hydroxylation is 2. The highest BCUT2D eigenvalue weighted by Crippen LogP contribution is 2.59. The van der Waals surface area contributed by atoms with E-state index in [0.29, 0.717) is 5.92 Å². The first kappa shape index (κ1) is 14.4. The van der Waals surface area contributed by atoms with E-state index in [1.54, 1.807) is 0 Å². The molecule has 1 fully saturated rings. The number of hydrogen-bond acceptors (Lipinski definition) is 2. The molecule has 21 heavy (non-hydrogen) atoms. The van der Waals surface area contributed by atoms with E-state index in [4.69, 9.17) is 0 Å². The molecule has 2 atom stereocenters. The van der Waals surface area contributed by atoms with Crippen LogP contribution in [0.25, 0.3) is 0 Å². The molecule has 1 saturated carbocycles. The highest BCUT2D eigenvalue weighted by Gasteiger charge is 2.60. The number of rotatable bonds is 3. The minimum absolute atomic E-state index is 0.0586. The van der Waals surface area contributed by atoms with Crippen molar-refractivity contribution in [3.05, 3.63) is 22.9 Å². The van der Waals surface area contributed by atoms with E-state index >= 15 is 0 Å². The molecule has 1 aromatic heterocycles. The van der Waals surface area contributed by atoms with E-state index < -0.39 is 0 Å². The van der Waals surface area contributed by atoms with Crippen LogP contribution in [0.3, 0.4) is 0 Å². The SMILES string of the molecule is CC(C)=C[C@H]1[C@@H](C(=O)Nc2c3c(nn2C)CCC3)C1(C)C. The first-order valence-corrected chi connectivity index (χ1v) is 7.83. The molecular weight excluding hydrogens is 262 g/mol. The number of carbonyl (C=O) groups excluding carboxylic acids is 1. The Labute approximate surface area is 126 Å². The lowest BCUT2D eigenvalue weighted by atomic mass is 10.1. The molecule has 1 heterocycles. The van der Waals surface area contributed by atoms with Gasteiger partial charge < -0.3 is 5.32 Å². The zero-order valence-corrected chi connectivity index (χ0v) is 13.7. The molecule has 4 nitrogen and oxygen atoms in total. The molecule has 0 unspecified atom stereocenters. The lowest BCUT2D eigenvalue weighted by Gasteiger charge is -2.08. The number of nitrogens with one attached hydrogen (secondary N) is 1. The van der Waals surface area contributed by atoms with E-state index in [-0.39, 0.29) is 17.2 Å². The molecule has 0 aromatic carbocycles. The van der Waals surface area contributed by atoms with Gasteiger partial charge in [0.25, 0.3) is 0 Å². The predicted octanol–water partition coefficient (Wildman–Crippen LogP) is 3.09. The average molecular weight is 287 g/mol. The number of hydrogen-bond donors (Lipinski definition) is 1. The third-order valence-corrected chi connectivity index (χ3v) is 5.02. The summed E-state index contributed by atoms with van der Waals surface area (Å²) in [4.78, 5) is 12.7. The van der Waals surface area contributed by atoms with Crippen LogP contribution >= 0.6 is 0 Å². The summed E-state index contributed by atoms with van der Waals surface area (Å²) in [7, 11) is 1.92. The van der Waals surface area contributed by atoms with Gasteiger partial charge in [-0.15, -0.1) is 0 Å². The van der Waals surface area contributed by atoms with Gasteiger partial charge in [-0.05, 0) is 44.4 Å². The molecule has 0 saturated heterocycles. The normalized spacial score (nSPS) is 25.4. The van der Waals surface area contributed by atoms with Crippen LogP contribution in [-0.2, 0) is 24.7 Å². The van der Waals surface area contributed by atoms with Crippen molar-refractivity contribution in [2.24, 2.45) is 24.3 Å². The number of amides is 1. The maximum Gasteiger partial charge on any atom is 0.229 e. The molecule has 4 heteroatoms. The van der Waals surface area contributed by atoms with Gasteiger partial charge in [0.2, 0.25) is 5.91 Å². The fourth-order valence-corrected chi connectivity index (χ4v) is 3.72. The van der Waals surface area contributed by atoms with Crippen molar-refractivity contribution in [1.29, 1.82) is 0 Å². The fourth-order valence-electron chi connectivity index (χ4n) is 3.72. The second-order valence-corrected chi connectivity index (χ2v) is 7.31. The molecular formula is C17H25N3O. The topological polar surface area (TPSA) is 46.9 Å². The summed E-state index contributed by atoms with van der Waals surface area (Å²) in [5.41, 5.74) is 3.74. The molecule has 2 aliphatic rings. The summed E-state index contributed by atoms with van der Waals surface area (Å²) in [6.45, 7) is 8.54. The van der Waals surface area contributed by atoms with Crippen LogP contribution < -0.4 is 5.32 Å². The number of nitrogens with zero attached hydrogens (tertiary/aromatic N) is 2. The molecule has 0 radical (unpaired) electrons. The number of carbonyl (C=O) groups is 1. The zero-order valence-electron chi connectivity index (χ0n) is 13.7. The summed E-state index contributed by atoms with van der Waals surface area (Å²) in [5, 5.41) is 7.66. The first-order chi connectivity index (χ1) is 9.82. The number of allylic oxidation sites excluding steroid dienone is 2. The first-order valence-electron chi connectivity index (χ1n) is 7.83. The highest BCUT2D eigenvalue weighted by atomic mass is 16.2. The average Bonchev–Trinajstić information content (AvgIpc) is 2.71. The summed E-state index contributed by atoms with van der Waals surface area (Å²) >= 11 is 0. The lowest BCUT2D eigenvalue weighted by molar-refractivity contribution is -0.118. The Balaban J connectivity index is 1.78. The number of aromatic nitrogens is 2. The van der Waals surface area contributed by atoms with E-state index in [1.807, 2.05) is 11.7 Å². The van der Waals surface area contributed by atoms with Crippen molar-refractivity contribution in [3.8, 4) is 0 Å². The maximum absolute atomic E-state index is 12.7. The van der Waals surface area contributed by atoms with E-state index in [0.717, 1.165) is 30.8 Å². The molecule has 0 spiro atoms. The Morgan fingerprint density at radius 1 is 1.38 bits per heavy atom. The van der Waals surface area contributed by atoms with Gasteiger partial charge in [-0.3, -0.25) is 9.48 Å². The molecule has 1 aromatic rings. The molecule has 2 aliphatic carbocycles. The quantitative estimate of drug-likeness (QED) is 0.868. The standard InChI is InChI=1S/C17H25N3O/c1-10(2)9-12-14(17(12,3)4)16(21)18-15-11-7-6-8-13(11)19-20(15)5/h9,12,14H,6-8H2,1-5H3,(H,18,21)/t12-,14-/m0/s1. The van der Waals surface area contributed by atoms with Crippen molar-refractivity contribution in [1.82, 2.24) is 9.78 Å². The fraction of sp³-hybridized carbons (Fsp3) is 0.647. The van der Waals surface area contributed by atoms with E-state index in [1.165, 1.54) is 11.1 Å². The second-order valence-electron chi connectivity index (χ2n) is 7.31. The summed E-state index contributed by atoms with van der Waals surface area (Å²) in [6, 6.07) is 0. The molecule has 114 valence electrons. The molecule has 1 N–H and O–H groups in total. The van der Waals surface area contributed by atoms with E-state index in [2.05, 4.69) is 44.2 Å². The van der Waals surface area contributed by atoms with Gasteiger partial charge in [0, 0.05) is 12.6 Å². The van der Waals surface area contributed by atoms with Crippen LogP contribution in [0.1, 0.15) is 45.4 Å². The molecule has 0 aliphatic heterocycles. The van der Waals surface area contributed by atoms with Crippen LogP contribution in [0, 0.1) is 17.3 Å². The van der Waals surface area contributed by atoms with Gasteiger partial charge in [0.05, 0.1) is 11.6 Å². The van der Waals surface area contributed by atoms with Gasteiger partial charge in [-0.2, -0.15) is 5.10 Å². The Morgan fingerprint density at radius 3 is 2.76 bits per heavy atom. The Hall–Kier alpha value is -1.58. The van der Waals surface area contributed by atoms with Gasteiger partial charge in [0.1, 0.15) is 5.82 Å². The maximum atomic E-state index is 12.7. The second kappa shape index (κ2) is 4.72. The summed E-state index contributed by atoms with van der Waals surface area (Å²) in [6.07, 6.45) is 5.45. The van der Waals surface area contributed by atoms with Crippen molar-refractivity contribution in [2.45, 2.75) is 47.0 Å². The molecule has 1 amide bonds. The van der Waals surface area contributed by atoms with Crippen molar-refractivity contribution in [3.63, 3.8) is 0 Å². The third kappa shape index (κ3) is 2.30. The van der Waals surface area contributed by atoms with Crippen molar-refractivity contribution < 1.29 is 4.79 Å². The summed E-state index contributed by atoms with van der Waals surface area (Å²) < 4.78 is 1.83. The Kier molecular flexibility index (Phi) is 3.23. The van der Waals surface area contributed by atoms with Gasteiger partial charge in [0.15, 0.2) is 0 Å². The largest absolute Gasteiger partial charge is 0.310 e. The van der Waals surface area contributed by atoms with E-state index in [9.17, 15) is 4.79 Å². The van der Waals surface area contributed by atoms with Crippen molar-refractivity contribution >= 4 is 11.7 Å². The van der Waals surface area contributed by atoms with Crippen molar-refractivity contribution in [2.75, 3.05) is 5.32 Å². The van der Waals surface area contributed by atoms with Crippen LogP contribution in [0.5, 0.6) is 0 Å². The number of anilines is 1. The van der Waals surface area contributed by atoms with Gasteiger partial charge >= 0.3 is 0 Å². The molecule has 0 bridgehead atoms. The van der Waals surface area contributed by atoms with Crippen LogP contribution in [0.2, 0.25) is 0 Å². The lowest BCUT2D eigenvalue weighted by Crippen LogP contribution is -2.19. The zero-order chi connectivity index (χ0) is 15.4. The Morgan fingerprint density at radius 2 is 2.10 bits per heavy atom. The minimum atomic E-state index is 0.0586. The minimum Gasteiger partial charge on any atom is -0.310 e. The van der Waals surface area contributed by atoms with Gasteiger partial charge in [-0.25, -0.2) is 0 Å². The molecule has 3 rings (SSSR count). The predicted molar refractivity (Wildman–Crippen MR) is 84.1 cm³/mol.